The number of aryl methyl sites for hydroxylation is 2. The summed E-state index contributed by atoms with van der Waals surface area (Å²) in [7, 11) is 1.79. The summed E-state index contributed by atoms with van der Waals surface area (Å²) in [6.45, 7) is 2.16. The lowest BCUT2D eigenvalue weighted by Crippen LogP contribution is -2.44. The van der Waals surface area contributed by atoms with Gasteiger partial charge in [0.05, 0.1) is 5.69 Å². The fraction of sp³-hybridized carbons (Fsp3) is 0.353. The molecule has 0 radical (unpaired) electrons. The summed E-state index contributed by atoms with van der Waals surface area (Å²) in [5, 5.41) is 13.9. The van der Waals surface area contributed by atoms with Gasteiger partial charge in [0.25, 0.3) is 0 Å². The summed E-state index contributed by atoms with van der Waals surface area (Å²) in [6, 6.07) is 8.22. The highest BCUT2D eigenvalue weighted by Crippen LogP contribution is 2.32. The van der Waals surface area contributed by atoms with E-state index in [0.29, 0.717) is 17.7 Å². The Kier molecular flexibility index (Phi) is 4.24. The Labute approximate surface area is 139 Å². The topological polar surface area (TPSA) is 84.7 Å². The molecule has 1 atom stereocenters. The van der Waals surface area contributed by atoms with Gasteiger partial charge in [0, 0.05) is 31.3 Å². The number of ether oxygens (including phenoxy) is 1. The Morgan fingerprint density at radius 2 is 2.04 bits per heavy atom. The number of hydrogen-bond acceptors (Lipinski definition) is 4. The zero-order valence-electron chi connectivity index (χ0n) is 13.6. The molecule has 0 fully saturated rings. The lowest BCUT2D eigenvalue weighted by molar-refractivity contribution is -0.143. The van der Waals surface area contributed by atoms with Crippen molar-refractivity contribution in [1.82, 2.24) is 14.7 Å². The number of aromatic nitrogens is 2. The molecule has 0 saturated carbocycles. The monoisotopic (exact) mass is 329 g/mol. The van der Waals surface area contributed by atoms with E-state index in [1.54, 1.807) is 18.7 Å². The van der Waals surface area contributed by atoms with Gasteiger partial charge in [-0.05, 0) is 12.5 Å². The van der Waals surface area contributed by atoms with Crippen molar-refractivity contribution in [2.75, 3.05) is 6.54 Å². The van der Waals surface area contributed by atoms with Gasteiger partial charge >= 0.3 is 12.1 Å². The molecule has 1 aromatic heterocycles. The van der Waals surface area contributed by atoms with E-state index >= 15 is 0 Å². The lowest BCUT2D eigenvalue weighted by Gasteiger charge is -2.32. The molecule has 1 aliphatic rings. The van der Waals surface area contributed by atoms with Gasteiger partial charge in [-0.25, -0.2) is 9.59 Å². The van der Waals surface area contributed by atoms with Crippen LogP contribution in [0.5, 0.6) is 0 Å². The molecule has 24 heavy (non-hydrogen) atoms. The van der Waals surface area contributed by atoms with Crippen molar-refractivity contribution in [2.24, 2.45) is 7.05 Å². The van der Waals surface area contributed by atoms with Gasteiger partial charge in [0.1, 0.15) is 6.61 Å². The molecule has 7 heteroatoms. The van der Waals surface area contributed by atoms with E-state index in [2.05, 4.69) is 5.10 Å². The number of benzene rings is 1. The van der Waals surface area contributed by atoms with Crippen molar-refractivity contribution in [3.05, 3.63) is 52.8 Å². The largest absolute Gasteiger partial charge is 0.479 e. The average Bonchev–Trinajstić information content (AvgIpc) is 2.87. The van der Waals surface area contributed by atoms with Crippen LogP contribution in [-0.4, -0.2) is 38.4 Å². The zero-order chi connectivity index (χ0) is 17.3. The molecule has 1 aromatic carbocycles. The maximum absolute atomic E-state index is 12.4. The van der Waals surface area contributed by atoms with Crippen molar-refractivity contribution in [1.29, 1.82) is 0 Å². The predicted molar refractivity (Wildman–Crippen MR) is 85.4 cm³/mol. The van der Waals surface area contributed by atoms with Crippen molar-refractivity contribution in [3.63, 3.8) is 0 Å². The quantitative estimate of drug-likeness (QED) is 0.931. The van der Waals surface area contributed by atoms with Crippen LogP contribution in [-0.2, 0) is 29.6 Å². The number of rotatable bonds is 3. The molecule has 0 aliphatic carbocycles. The van der Waals surface area contributed by atoms with E-state index in [-0.39, 0.29) is 13.2 Å². The maximum atomic E-state index is 12.4. The summed E-state index contributed by atoms with van der Waals surface area (Å²) >= 11 is 0. The van der Waals surface area contributed by atoms with Gasteiger partial charge in [0.15, 0.2) is 6.04 Å². The van der Waals surface area contributed by atoms with Crippen LogP contribution in [0.4, 0.5) is 4.79 Å². The number of aliphatic carboxylic acids is 1. The number of carboxylic acids is 1. The maximum Gasteiger partial charge on any atom is 0.411 e. The zero-order valence-corrected chi connectivity index (χ0v) is 13.6. The smallest absolute Gasteiger partial charge is 0.411 e. The molecule has 0 bridgehead atoms. The van der Waals surface area contributed by atoms with Crippen LogP contribution in [0.2, 0.25) is 0 Å². The lowest BCUT2D eigenvalue weighted by atomic mass is 9.97. The number of carbonyl (C=O) groups excluding carboxylic acids is 1. The Morgan fingerprint density at radius 3 is 2.71 bits per heavy atom. The molecule has 1 N–H and O–H groups in total. The molecule has 0 saturated heterocycles. The molecule has 2 heterocycles. The van der Waals surface area contributed by atoms with Crippen LogP contribution >= 0.6 is 0 Å². The van der Waals surface area contributed by atoms with E-state index in [1.165, 1.54) is 4.90 Å². The van der Waals surface area contributed by atoms with E-state index < -0.39 is 18.1 Å². The van der Waals surface area contributed by atoms with Crippen LogP contribution in [0.25, 0.3) is 0 Å². The second-order valence-electron chi connectivity index (χ2n) is 5.79. The summed E-state index contributed by atoms with van der Waals surface area (Å²) in [6.07, 6.45) is -0.0724. The molecule has 0 spiro atoms. The molecule has 2 aromatic rings. The van der Waals surface area contributed by atoms with Crippen molar-refractivity contribution in [3.8, 4) is 0 Å². The van der Waals surface area contributed by atoms with Crippen molar-refractivity contribution in [2.45, 2.75) is 26.0 Å². The normalized spacial score (nSPS) is 16.6. The standard InChI is InChI=1S/C17H19N3O4/c1-11-14-13(19(2)18-11)8-9-20(15(14)16(21)22)17(23)24-10-12-6-4-3-5-7-12/h3-7,15H,8-10H2,1-2H3,(H,21,22). The summed E-state index contributed by atoms with van der Waals surface area (Å²) in [4.78, 5) is 25.5. The third-order valence-corrected chi connectivity index (χ3v) is 4.24. The van der Waals surface area contributed by atoms with Crippen LogP contribution in [0.1, 0.15) is 28.6 Å². The first-order valence-corrected chi connectivity index (χ1v) is 7.71. The number of nitrogens with zero attached hydrogens (tertiary/aromatic N) is 3. The molecule has 1 unspecified atom stereocenters. The molecular formula is C17H19N3O4. The second kappa shape index (κ2) is 6.35. The molecule has 7 nitrogen and oxygen atoms in total. The van der Waals surface area contributed by atoms with Gasteiger partial charge in [-0.15, -0.1) is 0 Å². The van der Waals surface area contributed by atoms with Crippen molar-refractivity contribution >= 4 is 12.1 Å². The summed E-state index contributed by atoms with van der Waals surface area (Å²) in [5.41, 5.74) is 2.92. The van der Waals surface area contributed by atoms with E-state index in [0.717, 1.165) is 11.3 Å². The molecule has 1 aliphatic heterocycles. The number of fused-ring (bicyclic) bond motifs is 1. The SMILES string of the molecule is Cc1nn(C)c2c1C(C(=O)O)N(C(=O)OCc1ccccc1)CC2. The highest BCUT2D eigenvalue weighted by Gasteiger charge is 2.40. The molecule has 1 amide bonds. The fourth-order valence-corrected chi connectivity index (χ4v) is 3.14. The minimum Gasteiger partial charge on any atom is -0.479 e. The van der Waals surface area contributed by atoms with E-state index in [1.807, 2.05) is 30.3 Å². The van der Waals surface area contributed by atoms with Crippen LogP contribution in [0.15, 0.2) is 30.3 Å². The van der Waals surface area contributed by atoms with Gasteiger partial charge < -0.3 is 9.84 Å². The molecule has 126 valence electrons. The van der Waals surface area contributed by atoms with Gasteiger partial charge in [0.2, 0.25) is 0 Å². The first-order chi connectivity index (χ1) is 11.5. The highest BCUT2D eigenvalue weighted by atomic mass is 16.6. The Morgan fingerprint density at radius 1 is 1.33 bits per heavy atom. The predicted octanol–water partition coefficient (Wildman–Crippen LogP) is 2.05. The number of amides is 1. The Hall–Kier alpha value is -2.83. The second-order valence-corrected chi connectivity index (χ2v) is 5.79. The van der Waals surface area contributed by atoms with E-state index in [4.69, 9.17) is 4.74 Å². The average molecular weight is 329 g/mol. The minimum absolute atomic E-state index is 0.112. The van der Waals surface area contributed by atoms with Crippen LogP contribution < -0.4 is 0 Å². The van der Waals surface area contributed by atoms with Crippen molar-refractivity contribution < 1.29 is 19.4 Å². The van der Waals surface area contributed by atoms with E-state index in [9.17, 15) is 14.7 Å². The first-order valence-electron chi connectivity index (χ1n) is 7.71. The first kappa shape index (κ1) is 16.0. The molecular weight excluding hydrogens is 310 g/mol. The van der Waals surface area contributed by atoms with Gasteiger partial charge in [-0.2, -0.15) is 5.10 Å². The highest BCUT2D eigenvalue weighted by molar-refractivity contribution is 5.82. The summed E-state index contributed by atoms with van der Waals surface area (Å²) in [5.74, 6) is -1.08. The van der Waals surface area contributed by atoms with Gasteiger partial charge in [-0.3, -0.25) is 9.58 Å². The Bertz CT molecular complexity index is 770. The Balaban J connectivity index is 1.81. The third kappa shape index (κ3) is 2.84. The van der Waals surface area contributed by atoms with Gasteiger partial charge in [-0.1, -0.05) is 30.3 Å². The van der Waals surface area contributed by atoms with Crippen LogP contribution in [0, 0.1) is 6.92 Å². The summed E-state index contributed by atoms with van der Waals surface area (Å²) < 4.78 is 6.99. The fourth-order valence-electron chi connectivity index (χ4n) is 3.14. The minimum atomic E-state index is -1.08. The number of carbonyl (C=O) groups is 2. The number of hydrogen-bond donors (Lipinski definition) is 1. The number of carboxylic acid groups (broad SMARTS) is 1. The molecule has 3 rings (SSSR count). The van der Waals surface area contributed by atoms with Crippen LogP contribution in [0.3, 0.4) is 0 Å². The third-order valence-electron chi connectivity index (χ3n) is 4.24.